The highest BCUT2D eigenvalue weighted by Gasteiger charge is 2.24. The molecule has 1 fully saturated rings. The van der Waals surface area contributed by atoms with Gasteiger partial charge in [0.15, 0.2) is 0 Å². The van der Waals surface area contributed by atoms with Gasteiger partial charge in [-0.1, -0.05) is 12.1 Å². The lowest BCUT2D eigenvalue weighted by Crippen LogP contribution is -2.44. The van der Waals surface area contributed by atoms with Crippen LogP contribution in [0.1, 0.15) is 28.5 Å². The van der Waals surface area contributed by atoms with Crippen molar-refractivity contribution < 1.29 is 9.53 Å². The first kappa shape index (κ1) is 13.2. The summed E-state index contributed by atoms with van der Waals surface area (Å²) in [6.45, 7) is 8.07. The second kappa shape index (κ2) is 4.94. The minimum atomic E-state index is 0.0898. The third-order valence-corrected chi connectivity index (χ3v) is 4.10. The van der Waals surface area contributed by atoms with Crippen LogP contribution in [0.2, 0.25) is 0 Å². The fourth-order valence-corrected chi connectivity index (χ4v) is 2.83. The molecule has 1 atom stereocenters. The van der Waals surface area contributed by atoms with Gasteiger partial charge in [-0.2, -0.15) is 0 Å². The van der Waals surface area contributed by atoms with Crippen molar-refractivity contribution >= 4 is 16.8 Å². The second-order valence-corrected chi connectivity index (χ2v) is 5.54. The molecule has 3 rings (SSSR count). The number of aryl methyl sites for hydroxylation is 2. The number of benzene rings is 1. The summed E-state index contributed by atoms with van der Waals surface area (Å²) in [6, 6.07) is 5.92. The van der Waals surface area contributed by atoms with Gasteiger partial charge in [-0.3, -0.25) is 4.79 Å². The molecule has 0 saturated carbocycles. The van der Waals surface area contributed by atoms with Gasteiger partial charge in [-0.15, -0.1) is 0 Å². The zero-order chi connectivity index (χ0) is 14.3. The third-order valence-electron chi connectivity index (χ3n) is 4.10. The van der Waals surface area contributed by atoms with Crippen molar-refractivity contribution in [2.24, 2.45) is 0 Å². The van der Waals surface area contributed by atoms with Gasteiger partial charge in [0, 0.05) is 24.2 Å². The predicted octanol–water partition coefficient (Wildman–Crippen LogP) is 2.65. The minimum Gasteiger partial charge on any atom is -0.375 e. The number of aromatic nitrogens is 1. The summed E-state index contributed by atoms with van der Waals surface area (Å²) in [7, 11) is 0. The molecule has 0 radical (unpaired) electrons. The van der Waals surface area contributed by atoms with E-state index in [-0.39, 0.29) is 12.0 Å². The number of carbonyl (C=O) groups is 1. The second-order valence-electron chi connectivity index (χ2n) is 5.54. The zero-order valence-corrected chi connectivity index (χ0v) is 12.2. The molecule has 0 spiro atoms. The lowest BCUT2D eigenvalue weighted by atomic mass is 10.1. The summed E-state index contributed by atoms with van der Waals surface area (Å²) >= 11 is 0. The molecule has 2 heterocycles. The number of aromatic amines is 1. The molecule has 1 aromatic heterocycles. The van der Waals surface area contributed by atoms with Gasteiger partial charge in [0.2, 0.25) is 0 Å². The van der Waals surface area contributed by atoms with Gasteiger partial charge in [0.25, 0.3) is 5.91 Å². The number of nitrogens with zero attached hydrogens (tertiary/aromatic N) is 1. The molecule has 1 aliphatic heterocycles. The van der Waals surface area contributed by atoms with E-state index < -0.39 is 0 Å². The number of para-hydroxylation sites is 1. The SMILES string of the molecule is Cc1[nH]c2c(C(=O)N3CCOC(C)C3)cccc2c1C. The number of ether oxygens (including phenoxy) is 1. The first-order valence-corrected chi connectivity index (χ1v) is 7.06. The monoisotopic (exact) mass is 272 g/mol. The predicted molar refractivity (Wildman–Crippen MR) is 79.1 cm³/mol. The Morgan fingerprint density at radius 2 is 2.20 bits per heavy atom. The topological polar surface area (TPSA) is 45.3 Å². The van der Waals surface area contributed by atoms with E-state index in [0.29, 0.717) is 19.7 Å². The summed E-state index contributed by atoms with van der Waals surface area (Å²) in [5.41, 5.74) is 4.04. The summed E-state index contributed by atoms with van der Waals surface area (Å²) in [6.07, 6.45) is 0.110. The van der Waals surface area contributed by atoms with Crippen LogP contribution in [0.5, 0.6) is 0 Å². The van der Waals surface area contributed by atoms with Crippen molar-refractivity contribution in [1.82, 2.24) is 9.88 Å². The number of morpholine rings is 1. The number of H-pyrrole nitrogens is 1. The number of hydrogen-bond donors (Lipinski definition) is 1. The van der Waals surface area contributed by atoms with Crippen LogP contribution in [0.4, 0.5) is 0 Å². The molecule has 1 saturated heterocycles. The number of nitrogens with one attached hydrogen (secondary N) is 1. The zero-order valence-electron chi connectivity index (χ0n) is 12.2. The molecule has 2 aromatic rings. The average Bonchev–Trinajstić information content (AvgIpc) is 2.74. The Labute approximate surface area is 118 Å². The Balaban J connectivity index is 2.01. The maximum atomic E-state index is 12.7. The van der Waals surface area contributed by atoms with E-state index in [9.17, 15) is 4.79 Å². The van der Waals surface area contributed by atoms with E-state index in [0.717, 1.165) is 22.2 Å². The first-order valence-electron chi connectivity index (χ1n) is 7.06. The summed E-state index contributed by atoms with van der Waals surface area (Å²) in [5, 5.41) is 1.13. The smallest absolute Gasteiger partial charge is 0.256 e. The fraction of sp³-hybridized carbons (Fsp3) is 0.438. The molecule has 1 amide bonds. The largest absolute Gasteiger partial charge is 0.375 e. The van der Waals surface area contributed by atoms with E-state index >= 15 is 0 Å². The first-order chi connectivity index (χ1) is 9.58. The van der Waals surface area contributed by atoms with Gasteiger partial charge in [-0.25, -0.2) is 0 Å². The van der Waals surface area contributed by atoms with Crippen molar-refractivity contribution in [3.8, 4) is 0 Å². The van der Waals surface area contributed by atoms with Crippen molar-refractivity contribution in [2.45, 2.75) is 26.9 Å². The van der Waals surface area contributed by atoms with Crippen LogP contribution in [-0.4, -0.2) is 41.6 Å². The normalized spacial score (nSPS) is 19.6. The van der Waals surface area contributed by atoms with Crippen LogP contribution in [0, 0.1) is 13.8 Å². The molecule has 106 valence electrons. The Bertz CT molecular complexity index is 660. The van der Waals surface area contributed by atoms with E-state index in [2.05, 4.69) is 18.0 Å². The number of fused-ring (bicyclic) bond motifs is 1. The molecule has 1 unspecified atom stereocenters. The summed E-state index contributed by atoms with van der Waals surface area (Å²) in [4.78, 5) is 18.0. The van der Waals surface area contributed by atoms with Gasteiger partial charge >= 0.3 is 0 Å². The van der Waals surface area contributed by atoms with Crippen molar-refractivity contribution in [3.05, 3.63) is 35.0 Å². The van der Waals surface area contributed by atoms with Gasteiger partial charge in [-0.05, 0) is 32.4 Å². The van der Waals surface area contributed by atoms with Crippen molar-refractivity contribution in [3.63, 3.8) is 0 Å². The molecule has 4 heteroatoms. The number of rotatable bonds is 1. The Kier molecular flexibility index (Phi) is 3.26. The van der Waals surface area contributed by atoms with E-state index in [4.69, 9.17) is 4.74 Å². The van der Waals surface area contributed by atoms with Crippen LogP contribution < -0.4 is 0 Å². The minimum absolute atomic E-state index is 0.0898. The molecule has 1 aromatic carbocycles. The van der Waals surface area contributed by atoms with Gasteiger partial charge < -0.3 is 14.6 Å². The Morgan fingerprint density at radius 1 is 1.40 bits per heavy atom. The molecular formula is C16H20N2O2. The maximum absolute atomic E-state index is 12.7. The van der Waals surface area contributed by atoms with Gasteiger partial charge in [0.05, 0.1) is 23.8 Å². The van der Waals surface area contributed by atoms with E-state index in [1.54, 1.807) is 0 Å². The van der Waals surface area contributed by atoms with E-state index in [1.807, 2.05) is 30.9 Å². The van der Waals surface area contributed by atoms with Crippen LogP contribution in [-0.2, 0) is 4.74 Å². The van der Waals surface area contributed by atoms with Crippen molar-refractivity contribution in [2.75, 3.05) is 19.7 Å². The average molecular weight is 272 g/mol. The lowest BCUT2D eigenvalue weighted by molar-refractivity contribution is -0.0123. The number of hydrogen-bond acceptors (Lipinski definition) is 2. The third kappa shape index (κ3) is 2.10. The van der Waals surface area contributed by atoms with Crippen LogP contribution >= 0.6 is 0 Å². The lowest BCUT2D eigenvalue weighted by Gasteiger charge is -2.31. The molecule has 20 heavy (non-hydrogen) atoms. The number of amides is 1. The van der Waals surface area contributed by atoms with Gasteiger partial charge in [0.1, 0.15) is 0 Å². The summed E-state index contributed by atoms with van der Waals surface area (Å²) in [5.74, 6) is 0.0898. The molecule has 0 bridgehead atoms. The quantitative estimate of drug-likeness (QED) is 0.867. The Hall–Kier alpha value is -1.81. The van der Waals surface area contributed by atoms with Crippen LogP contribution in [0.25, 0.3) is 10.9 Å². The molecule has 4 nitrogen and oxygen atoms in total. The van der Waals surface area contributed by atoms with Crippen LogP contribution in [0.3, 0.4) is 0 Å². The highest BCUT2D eigenvalue weighted by atomic mass is 16.5. The Morgan fingerprint density at radius 3 is 2.95 bits per heavy atom. The standard InChI is InChI=1S/C16H20N2O2/c1-10-9-18(7-8-20-10)16(19)14-6-4-5-13-11(2)12(3)17-15(13)14/h4-6,10,17H,7-9H2,1-3H3. The number of carbonyl (C=O) groups excluding carboxylic acids is 1. The highest BCUT2D eigenvalue weighted by molar-refractivity contribution is 6.06. The fourth-order valence-electron chi connectivity index (χ4n) is 2.83. The molecule has 1 aliphatic rings. The summed E-state index contributed by atoms with van der Waals surface area (Å²) < 4.78 is 5.50. The highest BCUT2D eigenvalue weighted by Crippen LogP contribution is 2.25. The van der Waals surface area contributed by atoms with Crippen LogP contribution in [0.15, 0.2) is 18.2 Å². The maximum Gasteiger partial charge on any atom is 0.256 e. The van der Waals surface area contributed by atoms with Crippen molar-refractivity contribution in [1.29, 1.82) is 0 Å². The molecular weight excluding hydrogens is 252 g/mol. The molecule has 1 N–H and O–H groups in total. The van der Waals surface area contributed by atoms with E-state index in [1.165, 1.54) is 5.56 Å². The molecule has 0 aliphatic carbocycles.